The normalized spacial score (nSPS) is 13.7. The molecular formula is C25H15ClF5N5O3. The number of H-pyrrole nitrogens is 1. The minimum Gasteiger partial charge on any atom is -0.372 e. The average molecular weight is 564 g/mol. The molecule has 0 radical (unpaired) electrons. The third-order valence-electron chi connectivity index (χ3n) is 6.33. The highest BCUT2D eigenvalue weighted by atomic mass is 35.5. The van der Waals surface area contributed by atoms with Crippen molar-refractivity contribution in [2.75, 3.05) is 11.9 Å². The number of ether oxygens (including phenoxy) is 1. The molecule has 2 N–H and O–H groups in total. The van der Waals surface area contributed by atoms with Crippen LogP contribution in [0, 0.1) is 11.6 Å². The second kappa shape index (κ2) is 8.92. The highest BCUT2D eigenvalue weighted by Crippen LogP contribution is 2.35. The molecule has 0 atom stereocenters. The number of benzene rings is 3. The van der Waals surface area contributed by atoms with Crippen LogP contribution in [0.4, 0.5) is 27.6 Å². The Morgan fingerprint density at radius 3 is 2.67 bits per heavy atom. The molecule has 3 aromatic carbocycles. The summed E-state index contributed by atoms with van der Waals surface area (Å²) in [6.45, 7) is 0.908. The van der Waals surface area contributed by atoms with Crippen LogP contribution in [-0.4, -0.2) is 31.8 Å². The number of aromatic amines is 1. The number of amides is 1. The van der Waals surface area contributed by atoms with Crippen LogP contribution in [0.5, 0.6) is 0 Å². The van der Waals surface area contributed by atoms with Crippen LogP contribution < -0.4 is 10.9 Å². The minimum atomic E-state index is -4.89. The Balaban J connectivity index is 1.60. The molecule has 0 fully saturated rings. The van der Waals surface area contributed by atoms with E-state index in [1.165, 1.54) is 12.1 Å². The number of rotatable bonds is 3. The largest absolute Gasteiger partial charge is 0.416 e. The van der Waals surface area contributed by atoms with Crippen LogP contribution in [0.25, 0.3) is 27.6 Å². The molecule has 0 aliphatic carbocycles. The summed E-state index contributed by atoms with van der Waals surface area (Å²) < 4.78 is 76.3. The van der Waals surface area contributed by atoms with Crippen molar-refractivity contribution in [3.8, 4) is 5.69 Å². The fourth-order valence-electron chi connectivity index (χ4n) is 4.65. The number of alkyl halides is 3. The van der Waals surface area contributed by atoms with Crippen molar-refractivity contribution in [2.24, 2.45) is 0 Å². The van der Waals surface area contributed by atoms with Crippen molar-refractivity contribution in [3.63, 3.8) is 0 Å². The molecule has 200 valence electrons. The number of halogens is 6. The Hall–Kier alpha value is -4.23. The zero-order valence-corrected chi connectivity index (χ0v) is 20.3. The van der Waals surface area contributed by atoms with E-state index in [0.717, 1.165) is 16.8 Å². The van der Waals surface area contributed by atoms with Gasteiger partial charge in [0.05, 0.1) is 39.5 Å². The van der Waals surface area contributed by atoms with Crippen LogP contribution >= 0.6 is 11.6 Å². The summed E-state index contributed by atoms with van der Waals surface area (Å²) in [6, 6.07) is 6.37. The lowest BCUT2D eigenvalue weighted by molar-refractivity contribution is -0.137. The summed E-state index contributed by atoms with van der Waals surface area (Å²) in [5.74, 6) is -2.49. The quantitative estimate of drug-likeness (QED) is 0.287. The van der Waals surface area contributed by atoms with E-state index in [-0.39, 0.29) is 45.5 Å². The van der Waals surface area contributed by atoms with Crippen molar-refractivity contribution in [3.05, 3.63) is 86.4 Å². The fraction of sp³-hybridized carbons (Fsp3) is 0.160. The standard InChI is InChI=1S/C25H15ClF5N5O3/c26-15-2-1-13(27)8-17(15)36-22-16(32-23(37)11-5-12(25(29,30)31)7-14(28)6-11)9-18-21(20(22)24(38)34-36)33-19-10-39-4-3-35(18)19/h1-2,5-9H,3-4,10H2,(H,32,37)(H,34,38). The smallest absolute Gasteiger partial charge is 0.372 e. The van der Waals surface area contributed by atoms with Gasteiger partial charge in [-0.15, -0.1) is 0 Å². The summed E-state index contributed by atoms with van der Waals surface area (Å²) in [5.41, 5.74) is -1.87. The van der Waals surface area contributed by atoms with Crippen molar-refractivity contribution >= 4 is 45.1 Å². The summed E-state index contributed by atoms with van der Waals surface area (Å²) >= 11 is 6.29. The molecule has 14 heteroatoms. The molecule has 1 aliphatic heterocycles. The van der Waals surface area contributed by atoms with Crippen LogP contribution in [0.2, 0.25) is 5.02 Å². The molecule has 8 nitrogen and oxygen atoms in total. The van der Waals surface area contributed by atoms with E-state index in [2.05, 4.69) is 15.4 Å². The van der Waals surface area contributed by atoms with Gasteiger partial charge in [0.25, 0.3) is 11.5 Å². The molecule has 5 aromatic rings. The number of fused-ring (bicyclic) bond motifs is 5. The maximum absolute atomic E-state index is 14.2. The Bertz CT molecular complexity index is 1870. The molecular weight excluding hydrogens is 549 g/mol. The Labute approximate surface area is 219 Å². The first-order valence-corrected chi connectivity index (χ1v) is 11.8. The first-order chi connectivity index (χ1) is 18.5. The maximum Gasteiger partial charge on any atom is 0.416 e. The number of nitrogens with zero attached hydrogens (tertiary/aromatic N) is 3. The van der Waals surface area contributed by atoms with Gasteiger partial charge in [0, 0.05) is 18.2 Å². The third-order valence-corrected chi connectivity index (χ3v) is 6.65. The maximum atomic E-state index is 14.2. The molecule has 0 saturated carbocycles. The molecule has 0 spiro atoms. The predicted octanol–water partition coefficient (Wildman–Crippen LogP) is 5.40. The lowest BCUT2D eigenvalue weighted by Gasteiger charge is -2.16. The van der Waals surface area contributed by atoms with Gasteiger partial charge in [-0.1, -0.05) is 11.6 Å². The van der Waals surface area contributed by atoms with E-state index < -0.39 is 40.4 Å². The van der Waals surface area contributed by atoms with Crippen LogP contribution in [0.15, 0.2) is 47.3 Å². The van der Waals surface area contributed by atoms with E-state index in [1.807, 2.05) is 0 Å². The van der Waals surface area contributed by atoms with Gasteiger partial charge < -0.3 is 14.6 Å². The van der Waals surface area contributed by atoms with Gasteiger partial charge in [-0.05, 0) is 36.4 Å². The fourth-order valence-corrected chi connectivity index (χ4v) is 4.85. The second-order valence-electron chi connectivity index (χ2n) is 8.80. The molecule has 1 amide bonds. The van der Waals surface area contributed by atoms with E-state index in [9.17, 15) is 31.5 Å². The van der Waals surface area contributed by atoms with E-state index >= 15 is 0 Å². The van der Waals surface area contributed by atoms with E-state index in [1.54, 1.807) is 4.57 Å². The van der Waals surface area contributed by atoms with Gasteiger partial charge in [-0.25, -0.2) is 18.4 Å². The third kappa shape index (κ3) is 4.23. The van der Waals surface area contributed by atoms with Crippen LogP contribution in [0.3, 0.4) is 0 Å². The van der Waals surface area contributed by atoms with Crippen molar-refractivity contribution in [1.82, 2.24) is 19.3 Å². The average Bonchev–Trinajstić information content (AvgIpc) is 3.42. The van der Waals surface area contributed by atoms with Gasteiger partial charge in [0.2, 0.25) is 0 Å². The highest BCUT2D eigenvalue weighted by Gasteiger charge is 2.32. The van der Waals surface area contributed by atoms with Gasteiger partial charge >= 0.3 is 6.18 Å². The van der Waals surface area contributed by atoms with Crippen molar-refractivity contribution in [2.45, 2.75) is 19.3 Å². The highest BCUT2D eigenvalue weighted by molar-refractivity contribution is 6.32. The number of hydrogen-bond donors (Lipinski definition) is 2. The SMILES string of the molecule is O=C(Nc1cc2c(nc3n2CCOC3)c2c(=O)[nH]n(-c3cc(F)ccc3Cl)c12)c1cc(F)cc(C(F)(F)F)c1. The topological polar surface area (TPSA) is 93.9 Å². The molecule has 0 saturated heterocycles. The molecule has 3 heterocycles. The summed E-state index contributed by atoms with van der Waals surface area (Å²) in [4.78, 5) is 30.9. The number of hydrogen-bond acceptors (Lipinski definition) is 4. The van der Waals surface area contributed by atoms with Crippen molar-refractivity contribution in [1.29, 1.82) is 0 Å². The molecule has 39 heavy (non-hydrogen) atoms. The number of anilines is 1. The number of aromatic nitrogens is 4. The zero-order valence-electron chi connectivity index (χ0n) is 19.5. The zero-order chi connectivity index (χ0) is 27.6. The summed E-state index contributed by atoms with van der Waals surface area (Å²) in [6.07, 6.45) is -4.89. The number of nitrogens with one attached hydrogen (secondary N) is 2. The van der Waals surface area contributed by atoms with Gasteiger partial charge in [-0.2, -0.15) is 13.2 Å². The number of carbonyl (C=O) groups excluding carboxylic acids is 1. The first kappa shape index (κ1) is 25.1. The van der Waals surface area contributed by atoms with Crippen LogP contribution in [-0.2, 0) is 24.1 Å². The number of imidazole rings is 1. The monoisotopic (exact) mass is 563 g/mol. The molecule has 2 aromatic heterocycles. The molecule has 6 rings (SSSR count). The Morgan fingerprint density at radius 1 is 1.10 bits per heavy atom. The summed E-state index contributed by atoms with van der Waals surface area (Å²) in [7, 11) is 0. The minimum absolute atomic E-state index is 0.0141. The molecule has 0 bridgehead atoms. The van der Waals surface area contributed by atoms with E-state index in [0.29, 0.717) is 36.6 Å². The number of carbonyl (C=O) groups is 1. The van der Waals surface area contributed by atoms with E-state index in [4.69, 9.17) is 16.3 Å². The molecule has 0 unspecified atom stereocenters. The van der Waals surface area contributed by atoms with Crippen LogP contribution in [0.1, 0.15) is 21.7 Å². The summed E-state index contributed by atoms with van der Waals surface area (Å²) in [5, 5.41) is 5.13. The lowest BCUT2D eigenvalue weighted by Crippen LogP contribution is -2.17. The van der Waals surface area contributed by atoms with Gasteiger partial charge in [0.1, 0.15) is 35.1 Å². The Morgan fingerprint density at radius 2 is 1.90 bits per heavy atom. The molecule has 1 aliphatic rings. The Kier molecular flexibility index (Phi) is 5.73. The predicted molar refractivity (Wildman–Crippen MR) is 131 cm³/mol. The lowest BCUT2D eigenvalue weighted by atomic mass is 10.1. The van der Waals surface area contributed by atoms with Gasteiger partial charge in [-0.3, -0.25) is 14.7 Å². The van der Waals surface area contributed by atoms with Gasteiger partial charge in [0.15, 0.2) is 0 Å². The first-order valence-electron chi connectivity index (χ1n) is 11.4. The van der Waals surface area contributed by atoms with Crippen molar-refractivity contribution < 1.29 is 31.5 Å². The second-order valence-corrected chi connectivity index (χ2v) is 9.21.